The number of likely N-dealkylation sites (N-methyl/N-ethyl adjacent to an activating group) is 1. The van der Waals surface area contributed by atoms with Gasteiger partial charge in [-0.05, 0) is 44.5 Å². The fraction of sp³-hybridized carbons (Fsp3) is 0.571. The smallest absolute Gasteiger partial charge is 0.0499 e. The Hall–Kier alpha value is 0.0700. The number of halogens is 2. The van der Waals surface area contributed by atoms with E-state index in [-0.39, 0.29) is 6.04 Å². The van der Waals surface area contributed by atoms with Crippen LogP contribution in [-0.2, 0) is 0 Å². The molecule has 0 aliphatic heterocycles. The van der Waals surface area contributed by atoms with Crippen molar-refractivity contribution < 1.29 is 0 Å². The average Bonchev–Trinajstić information content (AvgIpc) is 2.39. The first-order valence-corrected chi connectivity index (χ1v) is 8.52. The molecule has 2 unspecified atom stereocenters. The number of benzene rings is 1. The van der Waals surface area contributed by atoms with E-state index < -0.39 is 0 Å². The Morgan fingerprint density at radius 1 is 1.32 bits per heavy atom. The van der Waals surface area contributed by atoms with E-state index >= 15 is 0 Å². The van der Waals surface area contributed by atoms with E-state index in [0.717, 1.165) is 17.7 Å². The van der Waals surface area contributed by atoms with Crippen LogP contribution < -0.4 is 5.73 Å². The SMILES string of the molecule is CSCCC(C)N(C)C(CN)c1c(Cl)cccc1Cl. The van der Waals surface area contributed by atoms with Gasteiger partial charge in [0, 0.05) is 34.2 Å². The second-order valence-corrected chi connectivity index (χ2v) is 6.48. The van der Waals surface area contributed by atoms with E-state index in [1.54, 1.807) is 0 Å². The summed E-state index contributed by atoms with van der Waals surface area (Å²) in [5, 5.41) is 1.37. The molecule has 2 nitrogen and oxygen atoms in total. The number of thioether (sulfide) groups is 1. The van der Waals surface area contributed by atoms with Gasteiger partial charge < -0.3 is 5.73 Å². The predicted molar refractivity (Wildman–Crippen MR) is 88.5 cm³/mol. The second-order valence-electron chi connectivity index (χ2n) is 4.68. The maximum Gasteiger partial charge on any atom is 0.0499 e. The van der Waals surface area contributed by atoms with Gasteiger partial charge in [-0.1, -0.05) is 29.3 Å². The molecule has 2 N–H and O–H groups in total. The van der Waals surface area contributed by atoms with Crippen molar-refractivity contribution in [2.45, 2.75) is 25.4 Å². The summed E-state index contributed by atoms with van der Waals surface area (Å²) in [4.78, 5) is 2.27. The summed E-state index contributed by atoms with van der Waals surface area (Å²) < 4.78 is 0. The summed E-state index contributed by atoms with van der Waals surface area (Å²) >= 11 is 14.4. The van der Waals surface area contributed by atoms with Crippen molar-refractivity contribution in [3.8, 4) is 0 Å². The molecule has 0 spiro atoms. The van der Waals surface area contributed by atoms with E-state index in [9.17, 15) is 0 Å². The number of hydrogen-bond donors (Lipinski definition) is 1. The van der Waals surface area contributed by atoms with Crippen LogP contribution in [0.4, 0.5) is 0 Å². The quantitative estimate of drug-likeness (QED) is 0.821. The Kier molecular flexibility index (Phi) is 7.55. The predicted octanol–water partition coefficient (Wildman–Crippen LogP) is 4.07. The minimum atomic E-state index is 0.0538. The summed E-state index contributed by atoms with van der Waals surface area (Å²) in [6.45, 7) is 2.72. The van der Waals surface area contributed by atoms with E-state index in [4.69, 9.17) is 28.9 Å². The van der Waals surface area contributed by atoms with Crippen LogP contribution in [0.15, 0.2) is 18.2 Å². The first kappa shape index (κ1) is 17.1. The molecule has 19 heavy (non-hydrogen) atoms. The zero-order valence-corrected chi connectivity index (χ0v) is 14.0. The van der Waals surface area contributed by atoms with E-state index in [1.807, 2.05) is 30.0 Å². The third-order valence-electron chi connectivity index (χ3n) is 3.48. The second kappa shape index (κ2) is 8.38. The highest BCUT2D eigenvalue weighted by Crippen LogP contribution is 2.33. The lowest BCUT2D eigenvalue weighted by atomic mass is 10.0. The van der Waals surface area contributed by atoms with Crippen LogP contribution in [0, 0.1) is 0 Å². The number of rotatable bonds is 7. The van der Waals surface area contributed by atoms with E-state index in [2.05, 4.69) is 25.1 Å². The molecule has 0 bridgehead atoms. The number of nitrogens with two attached hydrogens (primary N) is 1. The molecule has 108 valence electrons. The average molecular weight is 321 g/mol. The third kappa shape index (κ3) is 4.54. The largest absolute Gasteiger partial charge is 0.329 e. The number of hydrogen-bond acceptors (Lipinski definition) is 3. The molecule has 0 aliphatic rings. The van der Waals surface area contributed by atoms with Gasteiger partial charge in [0.2, 0.25) is 0 Å². The van der Waals surface area contributed by atoms with Gasteiger partial charge >= 0.3 is 0 Å². The summed E-state index contributed by atoms with van der Waals surface area (Å²) in [6, 6.07) is 6.09. The fourth-order valence-electron chi connectivity index (χ4n) is 2.12. The van der Waals surface area contributed by atoms with Crippen molar-refractivity contribution in [1.29, 1.82) is 0 Å². The molecule has 0 amide bonds. The highest BCUT2D eigenvalue weighted by atomic mass is 35.5. The Balaban J connectivity index is 2.93. The Bertz CT molecular complexity index is 381. The molecule has 2 atom stereocenters. The molecule has 5 heteroatoms. The highest BCUT2D eigenvalue weighted by molar-refractivity contribution is 7.98. The lowest BCUT2D eigenvalue weighted by Crippen LogP contribution is -2.37. The Morgan fingerprint density at radius 3 is 2.37 bits per heavy atom. The molecular weight excluding hydrogens is 299 g/mol. The maximum atomic E-state index is 6.29. The summed E-state index contributed by atoms with van der Waals surface area (Å²) in [6.07, 6.45) is 3.24. The van der Waals surface area contributed by atoms with Crippen molar-refractivity contribution in [3.05, 3.63) is 33.8 Å². The van der Waals surface area contributed by atoms with Gasteiger partial charge in [0.1, 0.15) is 0 Å². The van der Waals surface area contributed by atoms with Gasteiger partial charge in [0.25, 0.3) is 0 Å². The molecular formula is C14H22Cl2N2S. The fourth-order valence-corrected chi connectivity index (χ4v) is 3.34. The first-order valence-electron chi connectivity index (χ1n) is 6.37. The van der Waals surface area contributed by atoms with E-state index in [1.165, 1.54) is 0 Å². The van der Waals surface area contributed by atoms with Crippen LogP contribution in [0.5, 0.6) is 0 Å². The summed E-state index contributed by atoms with van der Waals surface area (Å²) in [7, 11) is 2.09. The Morgan fingerprint density at radius 2 is 1.89 bits per heavy atom. The topological polar surface area (TPSA) is 29.3 Å². The van der Waals surface area contributed by atoms with Crippen LogP contribution in [0.1, 0.15) is 24.9 Å². The minimum absolute atomic E-state index is 0.0538. The lowest BCUT2D eigenvalue weighted by molar-refractivity contribution is 0.186. The van der Waals surface area contributed by atoms with Gasteiger partial charge in [-0.2, -0.15) is 11.8 Å². The number of nitrogens with zero attached hydrogens (tertiary/aromatic N) is 1. The van der Waals surface area contributed by atoms with Crippen LogP contribution in [-0.4, -0.2) is 36.5 Å². The lowest BCUT2D eigenvalue weighted by Gasteiger charge is -2.33. The highest BCUT2D eigenvalue weighted by Gasteiger charge is 2.24. The van der Waals surface area contributed by atoms with Gasteiger partial charge in [-0.25, -0.2) is 0 Å². The summed E-state index contributed by atoms with van der Waals surface area (Å²) in [5.41, 5.74) is 6.88. The first-order chi connectivity index (χ1) is 9.02. The van der Waals surface area contributed by atoms with Crippen molar-refractivity contribution in [3.63, 3.8) is 0 Å². The molecule has 0 aromatic heterocycles. The standard InChI is InChI=1S/C14H22Cl2N2S/c1-10(7-8-19-3)18(2)13(9-17)14-11(15)5-4-6-12(14)16/h4-6,10,13H,7-9,17H2,1-3H3. The van der Waals surface area contributed by atoms with Gasteiger partial charge in [-0.3, -0.25) is 4.90 Å². The van der Waals surface area contributed by atoms with Crippen molar-refractivity contribution in [2.24, 2.45) is 5.73 Å². The van der Waals surface area contributed by atoms with Crippen LogP contribution in [0.3, 0.4) is 0 Å². The Labute approximate surface area is 130 Å². The molecule has 0 heterocycles. The molecule has 1 aromatic carbocycles. The van der Waals surface area contributed by atoms with Gasteiger partial charge in [0.05, 0.1) is 0 Å². The molecule has 1 rings (SSSR count). The van der Waals surface area contributed by atoms with Crippen LogP contribution in [0.2, 0.25) is 10.0 Å². The third-order valence-corrected chi connectivity index (χ3v) is 4.79. The van der Waals surface area contributed by atoms with Crippen LogP contribution in [0.25, 0.3) is 0 Å². The van der Waals surface area contributed by atoms with Crippen molar-refractivity contribution in [2.75, 3.05) is 25.6 Å². The monoisotopic (exact) mass is 320 g/mol. The summed E-state index contributed by atoms with van der Waals surface area (Å²) in [5.74, 6) is 1.14. The van der Waals surface area contributed by atoms with Crippen molar-refractivity contribution in [1.82, 2.24) is 4.90 Å². The van der Waals surface area contributed by atoms with Crippen LogP contribution >= 0.6 is 35.0 Å². The molecule has 0 saturated heterocycles. The van der Waals surface area contributed by atoms with Gasteiger partial charge in [0.15, 0.2) is 0 Å². The van der Waals surface area contributed by atoms with Crippen molar-refractivity contribution >= 4 is 35.0 Å². The molecule has 0 aliphatic carbocycles. The molecule has 1 aromatic rings. The molecule has 0 saturated carbocycles. The van der Waals surface area contributed by atoms with E-state index in [0.29, 0.717) is 22.6 Å². The normalized spacial score (nSPS) is 14.7. The van der Waals surface area contributed by atoms with Gasteiger partial charge in [-0.15, -0.1) is 0 Å². The molecule has 0 radical (unpaired) electrons. The minimum Gasteiger partial charge on any atom is -0.329 e. The molecule has 0 fully saturated rings. The zero-order valence-electron chi connectivity index (χ0n) is 11.7. The zero-order chi connectivity index (χ0) is 14.4. The maximum absolute atomic E-state index is 6.29.